The van der Waals surface area contributed by atoms with Gasteiger partial charge in [-0.2, -0.15) is 0 Å². The zero-order valence-corrected chi connectivity index (χ0v) is 34.8. The molecule has 0 aliphatic heterocycles. The lowest BCUT2D eigenvalue weighted by atomic mass is 10.0. The van der Waals surface area contributed by atoms with E-state index >= 15 is 0 Å². The van der Waals surface area contributed by atoms with Gasteiger partial charge in [-0.3, -0.25) is 14.4 Å². The summed E-state index contributed by atoms with van der Waals surface area (Å²) in [5, 5.41) is 0. The fourth-order valence-corrected chi connectivity index (χ4v) is 6.54. The van der Waals surface area contributed by atoms with Gasteiger partial charge in [-0.05, 0) is 38.5 Å². The van der Waals surface area contributed by atoms with Crippen LogP contribution in [0.3, 0.4) is 0 Å². The molecule has 0 aliphatic carbocycles. The van der Waals surface area contributed by atoms with E-state index in [0.717, 1.165) is 64.2 Å². The predicted molar refractivity (Wildman–Crippen MR) is 220 cm³/mol. The molecule has 1 atom stereocenters. The Balaban J connectivity index is 4.33. The third-order valence-corrected chi connectivity index (χ3v) is 10.0. The molecular weight excluding hydrogens is 648 g/mol. The minimum atomic E-state index is -0.765. The highest BCUT2D eigenvalue weighted by atomic mass is 16.6. The maximum absolute atomic E-state index is 12.7. The van der Waals surface area contributed by atoms with Crippen molar-refractivity contribution in [3.63, 3.8) is 0 Å². The molecule has 0 fully saturated rings. The molecule has 0 N–H and O–H groups in total. The first-order chi connectivity index (χ1) is 25.5. The van der Waals surface area contributed by atoms with Crippen molar-refractivity contribution >= 4 is 17.9 Å². The molecule has 0 heterocycles. The summed E-state index contributed by atoms with van der Waals surface area (Å²) in [7, 11) is 0. The highest BCUT2D eigenvalue weighted by Crippen LogP contribution is 2.15. The molecule has 0 saturated heterocycles. The highest BCUT2D eigenvalue weighted by Gasteiger charge is 2.19. The molecule has 0 aromatic rings. The van der Waals surface area contributed by atoms with Gasteiger partial charge in [0.1, 0.15) is 13.2 Å². The number of allylic oxidation sites excluding steroid dienone is 2. The SMILES string of the molecule is CCCC/C=C\CCCCCCCC(=O)OC(COC(=O)CCCCCCCCCCCC)COC(=O)CCCCCCCCCCCCCCC. The average Bonchev–Trinajstić information content (AvgIpc) is 3.14. The molecule has 0 aliphatic rings. The molecule has 6 nitrogen and oxygen atoms in total. The van der Waals surface area contributed by atoms with E-state index in [1.54, 1.807) is 0 Å². The molecule has 0 aromatic heterocycles. The fraction of sp³-hybridized carbons (Fsp3) is 0.891. The van der Waals surface area contributed by atoms with E-state index in [1.165, 1.54) is 141 Å². The predicted octanol–water partition coefficient (Wildman–Crippen LogP) is 14.3. The number of ether oxygens (including phenoxy) is 3. The fourth-order valence-electron chi connectivity index (χ4n) is 6.54. The standard InChI is InChI=1S/C46H86O6/c1-4-7-10-13-16-19-22-23-25-27-30-33-36-39-45(48)51-42-43(41-50-44(47)38-35-32-29-26-21-18-15-12-9-6-3)52-46(49)40-37-34-31-28-24-20-17-14-11-8-5-2/h14,17,43H,4-13,15-16,18-42H2,1-3H3/b17-14-. The van der Waals surface area contributed by atoms with E-state index in [1.807, 2.05) is 0 Å². The van der Waals surface area contributed by atoms with E-state index in [-0.39, 0.29) is 31.1 Å². The summed E-state index contributed by atoms with van der Waals surface area (Å²) < 4.78 is 16.7. The molecule has 0 rings (SSSR count). The Bertz CT molecular complexity index is 809. The van der Waals surface area contributed by atoms with Crippen molar-refractivity contribution in [2.75, 3.05) is 13.2 Å². The van der Waals surface area contributed by atoms with E-state index in [0.29, 0.717) is 19.3 Å². The maximum Gasteiger partial charge on any atom is 0.306 e. The third kappa shape index (κ3) is 39.4. The maximum atomic E-state index is 12.7. The first-order valence-corrected chi connectivity index (χ1v) is 22.7. The number of hydrogen-bond acceptors (Lipinski definition) is 6. The summed E-state index contributed by atoms with van der Waals surface area (Å²) in [5.41, 5.74) is 0. The lowest BCUT2D eigenvalue weighted by Crippen LogP contribution is -2.30. The molecule has 0 spiro atoms. The topological polar surface area (TPSA) is 78.9 Å². The Hall–Kier alpha value is -1.85. The lowest BCUT2D eigenvalue weighted by Gasteiger charge is -2.18. The van der Waals surface area contributed by atoms with Gasteiger partial charge in [0.15, 0.2) is 6.10 Å². The molecule has 52 heavy (non-hydrogen) atoms. The molecule has 0 radical (unpaired) electrons. The van der Waals surface area contributed by atoms with Crippen molar-refractivity contribution in [3.8, 4) is 0 Å². The van der Waals surface area contributed by atoms with Crippen LogP contribution in [0.15, 0.2) is 12.2 Å². The van der Waals surface area contributed by atoms with E-state index in [9.17, 15) is 14.4 Å². The van der Waals surface area contributed by atoms with Crippen molar-refractivity contribution in [3.05, 3.63) is 12.2 Å². The van der Waals surface area contributed by atoms with Crippen molar-refractivity contribution in [1.82, 2.24) is 0 Å². The van der Waals surface area contributed by atoms with Crippen molar-refractivity contribution < 1.29 is 28.6 Å². The second kappa shape index (κ2) is 41.9. The zero-order valence-electron chi connectivity index (χ0n) is 34.8. The van der Waals surface area contributed by atoms with Crippen LogP contribution in [0.2, 0.25) is 0 Å². The number of rotatable bonds is 41. The van der Waals surface area contributed by atoms with Crippen LogP contribution in [-0.2, 0) is 28.6 Å². The molecule has 1 unspecified atom stereocenters. The van der Waals surface area contributed by atoms with E-state index in [2.05, 4.69) is 32.9 Å². The van der Waals surface area contributed by atoms with Gasteiger partial charge in [-0.25, -0.2) is 0 Å². The summed E-state index contributed by atoms with van der Waals surface area (Å²) in [4.78, 5) is 37.6. The first kappa shape index (κ1) is 50.1. The minimum absolute atomic E-state index is 0.0691. The monoisotopic (exact) mass is 735 g/mol. The molecule has 0 saturated carbocycles. The van der Waals surface area contributed by atoms with Gasteiger partial charge in [0.2, 0.25) is 0 Å². The van der Waals surface area contributed by atoms with Crippen LogP contribution in [0.25, 0.3) is 0 Å². The van der Waals surface area contributed by atoms with E-state index in [4.69, 9.17) is 14.2 Å². The van der Waals surface area contributed by atoms with Crippen LogP contribution in [0.4, 0.5) is 0 Å². The van der Waals surface area contributed by atoms with Crippen LogP contribution in [0, 0.1) is 0 Å². The van der Waals surface area contributed by atoms with Gasteiger partial charge in [-0.1, -0.05) is 200 Å². The normalized spacial score (nSPS) is 12.0. The van der Waals surface area contributed by atoms with Crippen LogP contribution in [-0.4, -0.2) is 37.2 Å². The highest BCUT2D eigenvalue weighted by molar-refractivity contribution is 5.71. The van der Waals surface area contributed by atoms with Gasteiger partial charge in [-0.15, -0.1) is 0 Å². The van der Waals surface area contributed by atoms with Crippen molar-refractivity contribution in [2.24, 2.45) is 0 Å². The Morgan fingerprint density at radius 1 is 0.365 bits per heavy atom. The second-order valence-corrected chi connectivity index (χ2v) is 15.3. The zero-order chi connectivity index (χ0) is 38.0. The Morgan fingerprint density at radius 3 is 1.02 bits per heavy atom. The summed E-state index contributed by atoms with van der Waals surface area (Å²) in [6, 6.07) is 0. The summed E-state index contributed by atoms with van der Waals surface area (Å²) in [6.45, 7) is 6.59. The van der Waals surface area contributed by atoms with Gasteiger partial charge in [0.05, 0.1) is 0 Å². The molecule has 6 heteroatoms. The second-order valence-electron chi connectivity index (χ2n) is 15.3. The Morgan fingerprint density at radius 2 is 0.654 bits per heavy atom. The van der Waals surface area contributed by atoms with Crippen LogP contribution in [0.5, 0.6) is 0 Å². The van der Waals surface area contributed by atoms with Crippen LogP contribution < -0.4 is 0 Å². The molecular formula is C46H86O6. The number of carbonyl (C=O) groups is 3. The van der Waals surface area contributed by atoms with Gasteiger partial charge >= 0.3 is 17.9 Å². The van der Waals surface area contributed by atoms with Crippen LogP contribution in [0.1, 0.15) is 245 Å². The number of esters is 3. The van der Waals surface area contributed by atoms with E-state index < -0.39 is 6.10 Å². The number of carbonyl (C=O) groups excluding carboxylic acids is 3. The van der Waals surface area contributed by atoms with Crippen molar-refractivity contribution in [2.45, 2.75) is 252 Å². The minimum Gasteiger partial charge on any atom is -0.462 e. The third-order valence-electron chi connectivity index (χ3n) is 10.0. The smallest absolute Gasteiger partial charge is 0.306 e. The summed E-state index contributed by atoms with van der Waals surface area (Å²) >= 11 is 0. The van der Waals surface area contributed by atoms with Gasteiger partial charge < -0.3 is 14.2 Å². The lowest BCUT2D eigenvalue weighted by molar-refractivity contribution is -0.167. The van der Waals surface area contributed by atoms with Gasteiger partial charge in [0.25, 0.3) is 0 Å². The molecule has 0 aromatic carbocycles. The summed E-state index contributed by atoms with van der Waals surface area (Å²) in [5.74, 6) is -0.873. The Kier molecular flexibility index (Phi) is 40.4. The summed E-state index contributed by atoms with van der Waals surface area (Å²) in [6.07, 6.45) is 43.3. The van der Waals surface area contributed by atoms with Crippen LogP contribution >= 0.6 is 0 Å². The quantitative estimate of drug-likeness (QED) is 0.0269. The molecule has 0 bridgehead atoms. The van der Waals surface area contributed by atoms with Crippen molar-refractivity contribution in [1.29, 1.82) is 0 Å². The van der Waals surface area contributed by atoms with Gasteiger partial charge in [0, 0.05) is 19.3 Å². The number of unbranched alkanes of at least 4 members (excludes halogenated alkanes) is 28. The average molecular weight is 735 g/mol. The molecule has 306 valence electrons. The Labute approximate surface area is 322 Å². The number of hydrogen-bond donors (Lipinski definition) is 0. The molecule has 0 amide bonds. The first-order valence-electron chi connectivity index (χ1n) is 22.7. The largest absolute Gasteiger partial charge is 0.462 e.